The first-order valence-electron chi connectivity index (χ1n) is 11.0. The Morgan fingerprint density at radius 3 is 2.45 bits per heavy atom. The van der Waals surface area contributed by atoms with Crippen molar-refractivity contribution in [3.63, 3.8) is 0 Å². The summed E-state index contributed by atoms with van der Waals surface area (Å²) in [6.45, 7) is 2.01. The molecule has 4 nitrogen and oxygen atoms in total. The van der Waals surface area contributed by atoms with Crippen molar-refractivity contribution in [1.82, 2.24) is 10.2 Å². The number of nitrogens with zero attached hydrogens (tertiary/aromatic N) is 1. The second kappa shape index (κ2) is 11.3. The van der Waals surface area contributed by atoms with E-state index < -0.39 is 6.04 Å². The van der Waals surface area contributed by atoms with Crippen LogP contribution >= 0.6 is 11.6 Å². The van der Waals surface area contributed by atoms with Gasteiger partial charge in [-0.3, -0.25) is 9.59 Å². The highest BCUT2D eigenvalue weighted by atomic mass is 35.5. The van der Waals surface area contributed by atoms with Gasteiger partial charge in [-0.1, -0.05) is 61.2 Å². The molecular formula is C25H30ClFN2O2. The lowest BCUT2D eigenvalue weighted by Gasteiger charge is -2.31. The van der Waals surface area contributed by atoms with Gasteiger partial charge in [0.1, 0.15) is 11.9 Å². The van der Waals surface area contributed by atoms with E-state index in [0.29, 0.717) is 11.4 Å². The number of rotatable bonds is 8. The third kappa shape index (κ3) is 6.79. The van der Waals surface area contributed by atoms with Gasteiger partial charge >= 0.3 is 0 Å². The minimum absolute atomic E-state index is 0.129. The summed E-state index contributed by atoms with van der Waals surface area (Å²) in [4.78, 5) is 27.7. The van der Waals surface area contributed by atoms with Crippen molar-refractivity contribution in [1.29, 1.82) is 0 Å². The predicted molar refractivity (Wildman–Crippen MR) is 121 cm³/mol. The maximum atomic E-state index is 13.3. The smallest absolute Gasteiger partial charge is 0.242 e. The largest absolute Gasteiger partial charge is 0.352 e. The zero-order chi connectivity index (χ0) is 22.2. The van der Waals surface area contributed by atoms with Gasteiger partial charge in [-0.05, 0) is 55.5 Å². The second-order valence-corrected chi connectivity index (χ2v) is 8.67. The van der Waals surface area contributed by atoms with Gasteiger partial charge in [-0.2, -0.15) is 0 Å². The monoisotopic (exact) mass is 444 g/mol. The van der Waals surface area contributed by atoms with E-state index >= 15 is 0 Å². The molecular weight excluding hydrogens is 415 g/mol. The Morgan fingerprint density at radius 2 is 1.77 bits per heavy atom. The lowest BCUT2D eigenvalue weighted by atomic mass is 9.95. The lowest BCUT2D eigenvalue weighted by molar-refractivity contribution is -0.141. The lowest BCUT2D eigenvalue weighted by Crippen LogP contribution is -2.50. The van der Waals surface area contributed by atoms with Crippen LogP contribution in [0.2, 0.25) is 5.02 Å². The van der Waals surface area contributed by atoms with Crippen LogP contribution in [-0.2, 0) is 22.6 Å². The summed E-state index contributed by atoms with van der Waals surface area (Å²) in [6, 6.07) is 13.0. The fraction of sp³-hybridized carbons (Fsp3) is 0.440. The Labute approximate surface area is 188 Å². The molecule has 0 heterocycles. The molecule has 0 radical (unpaired) electrons. The fourth-order valence-electron chi connectivity index (χ4n) is 4.02. The number of benzene rings is 2. The quantitative estimate of drug-likeness (QED) is 0.602. The molecule has 1 saturated carbocycles. The van der Waals surface area contributed by atoms with Gasteiger partial charge in [0, 0.05) is 24.0 Å². The van der Waals surface area contributed by atoms with Crippen molar-refractivity contribution in [3.8, 4) is 0 Å². The first-order valence-corrected chi connectivity index (χ1v) is 11.4. The third-order valence-corrected chi connectivity index (χ3v) is 6.32. The van der Waals surface area contributed by atoms with Crippen LogP contribution in [0.15, 0.2) is 48.5 Å². The van der Waals surface area contributed by atoms with Crippen LogP contribution in [0.25, 0.3) is 0 Å². The first kappa shape index (κ1) is 23.3. The zero-order valence-electron chi connectivity index (χ0n) is 17.9. The molecule has 3 rings (SSSR count). The molecule has 1 atom stereocenters. The zero-order valence-corrected chi connectivity index (χ0v) is 18.7. The molecule has 2 aromatic rings. The summed E-state index contributed by atoms with van der Waals surface area (Å²) in [5, 5.41) is 3.75. The maximum Gasteiger partial charge on any atom is 0.242 e. The predicted octanol–water partition coefficient (Wildman–Crippen LogP) is 5.28. The molecule has 0 aromatic heterocycles. The number of hydrogen-bond acceptors (Lipinski definition) is 2. The normalized spacial score (nSPS) is 15.3. The Balaban J connectivity index is 1.70. The first-order chi connectivity index (χ1) is 14.9. The van der Waals surface area contributed by atoms with E-state index in [1.54, 1.807) is 30.0 Å². The number of carbonyl (C=O) groups is 2. The van der Waals surface area contributed by atoms with E-state index in [1.165, 1.54) is 18.6 Å². The molecule has 1 aliphatic carbocycles. The molecule has 0 aliphatic heterocycles. The van der Waals surface area contributed by atoms with E-state index in [4.69, 9.17) is 11.6 Å². The average Bonchev–Trinajstić information content (AvgIpc) is 2.78. The van der Waals surface area contributed by atoms with Crippen LogP contribution in [0.5, 0.6) is 0 Å². The van der Waals surface area contributed by atoms with Crippen LogP contribution in [0.4, 0.5) is 4.39 Å². The number of halogens is 2. The average molecular weight is 445 g/mol. The van der Waals surface area contributed by atoms with Gasteiger partial charge < -0.3 is 10.2 Å². The third-order valence-electron chi connectivity index (χ3n) is 5.95. The molecule has 2 amide bonds. The molecule has 31 heavy (non-hydrogen) atoms. The SMILES string of the molecule is C[C@H](C(=O)NC1CCCCC1)N(Cc1ccc(F)cc1)C(=O)CCc1ccccc1Cl. The molecule has 1 aliphatic rings. The van der Waals surface area contributed by atoms with Crippen molar-refractivity contribution in [3.05, 3.63) is 70.5 Å². The molecule has 0 saturated heterocycles. The Bertz CT molecular complexity index is 881. The highest BCUT2D eigenvalue weighted by molar-refractivity contribution is 6.31. The number of hydrogen-bond donors (Lipinski definition) is 1. The molecule has 6 heteroatoms. The van der Waals surface area contributed by atoms with E-state index in [0.717, 1.165) is 36.8 Å². The van der Waals surface area contributed by atoms with Crippen LogP contribution in [-0.4, -0.2) is 28.8 Å². The van der Waals surface area contributed by atoms with Crippen molar-refractivity contribution in [2.45, 2.75) is 70.5 Å². The molecule has 166 valence electrons. The number of aryl methyl sites for hydroxylation is 1. The number of amides is 2. The summed E-state index contributed by atoms with van der Waals surface area (Å²) in [5.74, 6) is -0.598. The highest BCUT2D eigenvalue weighted by Gasteiger charge is 2.28. The molecule has 0 bridgehead atoms. The summed E-state index contributed by atoms with van der Waals surface area (Å²) in [6.07, 6.45) is 6.15. The Kier molecular flexibility index (Phi) is 8.47. The highest BCUT2D eigenvalue weighted by Crippen LogP contribution is 2.20. The van der Waals surface area contributed by atoms with Crippen LogP contribution in [0.3, 0.4) is 0 Å². The van der Waals surface area contributed by atoms with Gasteiger partial charge in [0.05, 0.1) is 0 Å². The van der Waals surface area contributed by atoms with Crippen LogP contribution < -0.4 is 5.32 Å². The van der Waals surface area contributed by atoms with Crippen molar-refractivity contribution in [2.24, 2.45) is 0 Å². The number of carbonyl (C=O) groups excluding carboxylic acids is 2. The van der Waals surface area contributed by atoms with Gasteiger partial charge in [-0.25, -0.2) is 4.39 Å². The Hall–Kier alpha value is -2.40. The van der Waals surface area contributed by atoms with Crippen molar-refractivity contribution >= 4 is 23.4 Å². The van der Waals surface area contributed by atoms with Gasteiger partial charge in [0.15, 0.2) is 0 Å². The van der Waals surface area contributed by atoms with E-state index in [-0.39, 0.29) is 36.6 Å². The summed E-state index contributed by atoms with van der Waals surface area (Å²) in [5.41, 5.74) is 1.68. The van der Waals surface area contributed by atoms with Crippen LogP contribution in [0, 0.1) is 5.82 Å². The standard InChI is InChI=1S/C25H30ClFN2O2/c1-18(25(31)28-22-8-3-2-4-9-22)29(17-19-11-14-21(27)15-12-19)24(30)16-13-20-7-5-6-10-23(20)26/h5-7,10-12,14-15,18,22H,2-4,8-9,13,16-17H2,1H3,(H,28,31)/t18-/m1/s1. The topological polar surface area (TPSA) is 49.4 Å². The minimum atomic E-state index is -0.620. The van der Waals surface area contributed by atoms with E-state index in [1.807, 2.05) is 18.2 Å². The van der Waals surface area contributed by atoms with Crippen LogP contribution in [0.1, 0.15) is 56.6 Å². The molecule has 2 aromatic carbocycles. The van der Waals surface area contributed by atoms with E-state index in [2.05, 4.69) is 5.32 Å². The molecule has 1 fully saturated rings. The number of nitrogens with one attached hydrogen (secondary N) is 1. The van der Waals surface area contributed by atoms with Gasteiger partial charge in [-0.15, -0.1) is 0 Å². The summed E-state index contributed by atoms with van der Waals surface area (Å²) in [7, 11) is 0. The molecule has 1 N–H and O–H groups in total. The van der Waals surface area contributed by atoms with Gasteiger partial charge in [0.25, 0.3) is 0 Å². The summed E-state index contributed by atoms with van der Waals surface area (Å²) >= 11 is 6.23. The molecule has 0 unspecified atom stereocenters. The summed E-state index contributed by atoms with van der Waals surface area (Å²) < 4.78 is 13.3. The Morgan fingerprint density at radius 1 is 1.10 bits per heavy atom. The van der Waals surface area contributed by atoms with Gasteiger partial charge in [0.2, 0.25) is 11.8 Å². The maximum absolute atomic E-state index is 13.3. The van der Waals surface area contributed by atoms with Crippen molar-refractivity contribution < 1.29 is 14.0 Å². The van der Waals surface area contributed by atoms with E-state index in [9.17, 15) is 14.0 Å². The molecule has 0 spiro atoms. The minimum Gasteiger partial charge on any atom is -0.352 e. The fourth-order valence-corrected chi connectivity index (χ4v) is 4.25. The van der Waals surface area contributed by atoms with Crippen molar-refractivity contribution in [2.75, 3.05) is 0 Å². The second-order valence-electron chi connectivity index (χ2n) is 8.26.